The SMILES string of the molecule is CC(CO)N1CCCCC1(C)C(=O)O. The number of hydrogen-bond acceptors (Lipinski definition) is 3. The maximum absolute atomic E-state index is 11.2. The molecule has 1 saturated heterocycles. The largest absolute Gasteiger partial charge is 0.480 e. The Morgan fingerprint density at radius 2 is 2.21 bits per heavy atom. The lowest BCUT2D eigenvalue weighted by molar-refractivity contribution is -0.155. The maximum atomic E-state index is 11.2. The summed E-state index contributed by atoms with van der Waals surface area (Å²) in [5.41, 5.74) is -0.791. The number of nitrogens with zero attached hydrogens (tertiary/aromatic N) is 1. The number of aliphatic carboxylic acids is 1. The molecular formula is C10H19NO3. The predicted molar refractivity (Wildman–Crippen MR) is 53.1 cm³/mol. The van der Waals surface area contributed by atoms with E-state index in [1.165, 1.54) is 0 Å². The summed E-state index contributed by atoms with van der Waals surface area (Å²) in [6.07, 6.45) is 2.65. The molecule has 14 heavy (non-hydrogen) atoms. The zero-order valence-corrected chi connectivity index (χ0v) is 8.86. The highest BCUT2D eigenvalue weighted by molar-refractivity contribution is 5.78. The highest BCUT2D eigenvalue weighted by Gasteiger charge is 2.43. The number of rotatable bonds is 3. The van der Waals surface area contributed by atoms with Crippen LogP contribution in [-0.2, 0) is 4.79 Å². The van der Waals surface area contributed by atoms with Gasteiger partial charge >= 0.3 is 5.97 Å². The van der Waals surface area contributed by atoms with Gasteiger partial charge in [-0.3, -0.25) is 9.69 Å². The fourth-order valence-corrected chi connectivity index (χ4v) is 2.18. The van der Waals surface area contributed by atoms with Gasteiger partial charge in [-0.15, -0.1) is 0 Å². The van der Waals surface area contributed by atoms with Crippen molar-refractivity contribution in [3.8, 4) is 0 Å². The average molecular weight is 201 g/mol. The van der Waals surface area contributed by atoms with Crippen LogP contribution in [0.25, 0.3) is 0 Å². The van der Waals surface area contributed by atoms with Crippen molar-refractivity contribution in [1.29, 1.82) is 0 Å². The molecule has 0 aromatic heterocycles. The van der Waals surface area contributed by atoms with Crippen LogP contribution in [-0.4, -0.2) is 45.8 Å². The summed E-state index contributed by atoms with van der Waals surface area (Å²) in [5, 5.41) is 18.3. The molecule has 82 valence electrons. The Labute approximate surface area is 84.5 Å². The number of carboxylic acid groups (broad SMARTS) is 1. The lowest BCUT2D eigenvalue weighted by Gasteiger charge is -2.44. The van der Waals surface area contributed by atoms with E-state index in [1.807, 2.05) is 11.8 Å². The Morgan fingerprint density at radius 1 is 1.57 bits per heavy atom. The normalized spacial score (nSPS) is 31.4. The fraction of sp³-hybridized carbons (Fsp3) is 0.900. The number of carbonyl (C=O) groups is 1. The van der Waals surface area contributed by atoms with E-state index in [2.05, 4.69) is 0 Å². The maximum Gasteiger partial charge on any atom is 0.323 e. The molecule has 0 spiro atoms. The van der Waals surface area contributed by atoms with Crippen LogP contribution in [0.3, 0.4) is 0 Å². The topological polar surface area (TPSA) is 60.8 Å². The minimum Gasteiger partial charge on any atom is -0.480 e. The number of piperidine rings is 1. The standard InChI is InChI=1S/C10H19NO3/c1-8(7-12)11-6-4-3-5-10(11,2)9(13)14/h8,12H,3-7H2,1-2H3,(H,13,14). The molecule has 1 rings (SSSR count). The van der Waals surface area contributed by atoms with E-state index in [9.17, 15) is 9.90 Å². The minimum atomic E-state index is -0.791. The van der Waals surface area contributed by atoms with E-state index in [4.69, 9.17) is 5.11 Å². The summed E-state index contributed by atoms with van der Waals surface area (Å²) < 4.78 is 0. The molecule has 1 fully saturated rings. The summed E-state index contributed by atoms with van der Waals surface area (Å²) in [6, 6.07) is -0.0728. The molecule has 0 radical (unpaired) electrons. The van der Waals surface area contributed by atoms with Crippen molar-refractivity contribution >= 4 is 5.97 Å². The fourth-order valence-electron chi connectivity index (χ4n) is 2.18. The van der Waals surface area contributed by atoms with Crippen LogP contribution in [0.5, 0.6) is 0 Å². The second-order valence-electron chi connectivity index (χ2n) is 4.26. The Hall–Kier alpha value is -0.610. The molecule has 4 heteroatoms. The van der Waals surface area contributed by atoms with Crippen LogP contribution in [0.15, 0.2) is 0 Å². The van der Waals surface area contributed by atoms with Crippen molar-refractivity contribution in [2.24, 2.45) is 0 Å². The van der Waals surface area contributed by atoms with Crippen molar-refractivity contribution in [2.75, 3.05) is 13.2 Å². The van der Waals surface area contributed by atoms with Gasteiger partial charge in [-0.05, 0) is 39.7 Å². The van der Waals surface area contributed by atoms with E-state index in [0.29, 0.717) is 6.42 Å². The van der Waals surface area contributed by atoms with Crippen molar-refractivity contribution in [1.82, 2.24) is 4.90 Å². The number of aliphatic hydroxyl groups excluding tert-OH is 1. The first-order chi connectivity index (χ1) is 6.52. The molecular weight excluding hydrogens is 182 g/mol. The molecule has 1 aliphatic heterocycles. The van der Waals surface area contributed by atoms with E-state index in [-0.39, 0.29) is 12.6 Å². The lowest BCUT2D eigenvalue weighted by Crippen LogP contribution is -2.59. The molecule has 0 amide bonds. The van der Waals surface area contributed by atoms with Crippen LogP contribution in [0, 0.1) is 0 Å². The van der Waals surface area contributed by atoms with Crippen molar-refractivity contribution in [3.05, 3.63) is 0 Å². The van der Waals surface area contributed by atoms with Gasteiger partial charge in [0, 0.05) is 6.04 Å². The van der Waals surface area contributed by atoms with Crippen LogP contribution in [0.1, 0.15) is 33.1 Å². The summed E-state index contributed by atoms with van der Waals surface area (Å²) in [4.78, 5) is 13.1. The van der Waals surface area contributed by atoms with Gasteiger partial charge in [-0.2, -0.15) is 0 Å². The Kier molecular flexibility index (Phi) is 3.50. The summed E-state index contributed by atoms with van der Waals surface area (Å²) >= 11 is 0. The summed E-state index contributed by atoms with van der Waals surface area (Å²) in [5.74, 6) is -0.780. The van der Waals surface area contributed by atoms with E-state index < -0.39 is 11.5 Å². The highest BCUT2D eigenvalue weighted by Crippen LogP contribution is 2.29. The van der Waals surface area contributed by atoms with E-state index in [1.54, 1.807) is 6.92 Å². The Balaban J connectivity index is 2.83. The summed E-state index contributed by atoms with van der Waals surface area (Å²) in [7, 11) is 0. The zero-order valence-electron chi connectivity index (χ0n) is 8.86. The molecule has 1 heterocycles. The van der Waals surface area contributed by atoms with Crippen molar-refractivity contribution in [2.45, 2.75) is 44.7 Å². The number of aliphatic hydroxyl groups is 1. The quantitative estimate of drug-likeness (QED) is 0.705. The molecule has 0 aliphatic carbocycles. The van der Waals surface area contributed by atoms with Gasteiger partial charge in [0.25, 0.3) is 0 Å². The first kappa shape index (κ1) is 11.5. The van der Waals surface area contributed by atoms with Gasteiger partial charge in [0.2, 0.25) is 0 Å². The second-order valence-corrected chi connectivity index (χ2v) is 4.26. The van der Waals surface area contributed by atoms with Gasteiger partial charge in [-0.25, -0.2) is 0 Å². The predicted octanol–water partition coefficient (Wildman–Crippen LogP) is 0.696. The third kappa shape index (κ3) is 1.91. The molecule has 1 aliphatic rings. The monoisotopic (exact) mass is 201 g/mol. The van der Waals surface area contributed by atoms with Gasteiger partial charge < -0.3 is 10.2 Å². The van der Waals surface area contributed by atoms with Crippen molar-refractivity contribution in [3.63, 3.8) is 0 Å². The third-order valence-electron chi connectivity index (χ3n) is 3.20. The van der Waals surface area contributed by atoms with Gasteiger partial charge in [0.15, 0.2) is 0 Å². The lowest BCUT2D eigenvalue weighted by atomic mass is 9.87. The van der Waals surface area contributed by atoms with E-state index in [0.717, 1.165) is 19.4 Å². The zero-order chi connectivity index (χ0) is 10.8. The molecule has 0 saturated carbocycles. The van der Waals surface area contributed by atoms with Crippen LogP contribution < -0.4 is 0 Å². The first-order valence-corrected chi connectivity index (χ1v) is 5.13. The average Bonchev–Trinajstić information content (AvgIpc) is 2.17. The number of hydrogen-bond donors (Lipinski definition) is 2. The number of carboxylic acids is 1. The summed E-state index contributed by atoms with van der Waals surface area (Å²) in [6.45, 7) is 4.40. The molecule has 4 nitrogen and oxygen atoms in total. The van der Waals surface area contributed by atoms with Gasteiger partial charge in [-0.1, -0.05) is 0 Å². The highest BCUT2D eigenvalue weighted by atomic mass is 16.4. The molecule has 0 aromatic rings. The molecule has 0 aromatic carbocycles. The first-order valence-electron chi connectivity index (χ1n) is 5.13. The minimum absolute atomic E-state index is 0.0167. The van der Waals surface area contributed by atoms with Gasteiger partial charge in [0.1, 0.15) is 5.54 Å². The third-order valence-corrected chi connectivity index (χ3v) is 3.20. The molecule has 2 N–H and O–H groups in total. The Bertz CT molecular complexity index is 219. The number of likely N-dealkylation sites (tertiary alicyclic amines) is 1. The molecule has 2 atom stereocenters. The van der Waals surface area contributed by atoms with E-state index >= 15 is 0 Å². The molecule has 0 bridgehead atoms. The molecule has 2 unspecified atom stereocenters. The van der Waals surface area contributed by atoms with Crippen LogP contribution >= 0.6 is 0 Å². The Morgan fingerprint density at radius 3 is 2.71 bits per heavy atom. The smallest absolute Gasteiger partial charge is 0.323 e. The van der Waals surface area contributed by atoms with Gasteiger partial charge in [0.05, 0.1) is 6.61 Å². The van der Waals surface area contributed by atoms with Crippen LogP contribution in [0.2, 0.25) is 0 Å². The van der Waals surface area contributed by atoms with Crippen molar-refractivity contribution < 1.29 is 15.0 Å². The van der Waals surface area contributed by atoms with Crippen LogP contribution in [0.4, 0.5) is 0 Å². The second kappa shape index (κ2) is 4.28.